The Hall–Kier alpha value is -2.13. The van der Waals surface area contributed by atoms with Crippen LogP contribution < -0.4 is 10.5 Å². The van der Waals surface area contributed by atoms with Crippen molar-refractivity contribution in [1.29, 1.82) is 5.26 Å². The maximum Gasteiger partial charge on any atom is 0.276 e. The Morgan fingerprint density at radius 1 is 1.65 bits per heavy atom. The summed E-state index contributed by atoms with van der Waals surface area (Å²) in [4.78, 5) is 10.2. The summed E-state index contributed by atoms with van der Waals surface area (Å²) in [6.45, 7) is 1.88. The van der Waals surface area contributed by atoms with Crippen LogP contribution >= 0.6 is 0 Å². The van der Waals surface area contributed by atoms with E-state index in [1.54, 1.807) is 19.1 Å². The van der Waals surface area contributed by atoms with E-state index in [2.05, 4.69) is 0 Å². The Bertz CT molecular complexity index is 454. The smallest absolute Gasteiger partial charge is 0.276 e. The number of benzene rings is 1. The molecule has 0 aliphatic carbocycles. The topological polar surface area (TPSA) is 102 Å². The Morgan fingerprint density at radius 3 is 2.94 bits per heavy atom. The maximum atomic E-state index is 10.7. The molecule has 17 heavy (non-hydrogen) atoms. The molecular formula is C11H13N3O3. The average molecular weight is 235 g/mol. The van der Waals surface area contributed by atoms with Crippen molar-refractivity contribution in [3.8, 4) is 11.8 Å². The SMILES string of the molecule is Cc1c(OCCC(N)C#N)cccc1[N+](=O)[O-]. The predicted molar refractivity (Wildman–Crippen MR) is 61.5 cm³/mol. The lowest BCUT2D eigenvalue weighted by Gasteiger charge is -2.09. The van der Waals surface area contributed by atoms with Gasteiger partial charge in [-0.05, 0) is 13.0 Å². The minimum absolute atomic E-state index is 0.0204. The Labute approximate surface area is 98.8 Å². The van der Waals surface area contributed by atoms with E-state index < -0.39 is 11.0 Å². The molecule has 2 N–H and O–H groups in total. The molecule has 6 heteroatoms. The van der Waals surface area contributed by atoms with E-state index in [0.29, 0.717) is 17.7 Å². The highest BCUT2D eigenvalue weighted by Gasteiger charge is 2.14. The number of nitrogens with two attached hydrogens (primary N) is 1. The summed E-state index contributed by atoms with van der Waals surface area (Å²) in [5, 5.41) is 19.2. The summed E-state index contributed by atoms with van der Waals surface area (Å²) in [7, 11) is 0. The molecule has 0 heterocycles. The molecule has 0 aliphatic heterocycles. The predicted octanol–water partition coefficient (Wildman–Crippen LogP) is 1.52. The molecule has 0 aromatic heterocycles. The number of rotatable bonds is 5. The monoisotopic (exact) mass is 235 g/mol. The van der Waals surface area contributed by atoms with Gasteiger partial charge in [-0.1, -0.05) is 6.07 Å². The molecule has 6 nitrogen and oxygen atoms in total. The van der Waals surface area contributed by atoms with Gasteiger partial charge in [0.05, 0.1) is 29.2 Å². The van der Waals surface area contributed by atoms with Crippen LogP contribution in [0, 0.1) is 28.4 Å². The second-order valence-electron chi connectivity index (χ2n) is 3.53. The van der Waals surface area contributed by atoms with E-state index in [9.17, 15) is 10.1 Å². The molecule has 0 amide bonds. The van der Waals surface area contributed by atoms with Crippen molar-refractivity contribution in [3.05, 3.63) is 33.9 Å². The highest BCUT2D eigenvalue weighted by molar-refractivity contribution is 5.48. The van der Waals surface area contributed by atoms with Gasteiger partial charge in [0.2, 0.25) is 0 Å². The lowest BCUT2D eigenvalue weighted by molar-refractivity contribution is -0.385. The van der Waals surface area contributed by atoms with Crippen LogP contribution in [0.2, 0.25) is 0 Å². The molecule has 1 atom stereocenters. The van der Waals surface area contributed by atoms with E-state index in [1.807, 2.05) is 6.07 Å². The van der Waals surface area contributed by atoms with Crippen molar-refractivity contribution in [1.82, 2.24) is 0 Å². The number of nitro groups is 1. The minimum atomic E-state index is -0.575. The quantitative estimate of drug-likeness (QED) is 0.615. The van der Waals surface area contributed by atoms with E-state index in [1.165, 1.54) is 6.07 Å². The molecule has 1 rings (SSSR count). The third-order valence-corrected chi connectivity index (χ3v) is 2.30. The Morgan fingerprint density at radius 2 is 2.35 bits per heavy atom. The van der Waals surface area contributed by atoms with Gasteiger partial charge in [-0.2, -0.15) is 5.26 Å². The van der Waals surface area contributed by atoms with Gasteiger partial charge in [-0.3, -0.25) is 10.1 Å². The summed E-state index contributed by atoms with van der Waals surface area (Å²) in [5.74, 6) is 0.448. The molecule has 1 aromatic rings. The fourth-order valence-corrected chi connectivity index (χ4v) is 1.32. The highest BCUT2D eigenvalue weighted by Crippen LogP contribution is 2.26. The van der Waals surface area contributed by atoms with Crippen LogP contribution in [0.4, 0.5) is 5.69 Å². The number of nitro benzene ring substituents is 1. The first kappa shape index (κ1) is 12.9. The summed E-state index contributed by atoms with van der Waals surface area (Å²) < 4.78 is 5.36. The third kappa shape index (κ3) is 3.43. The number of nitrogens with zero attached hydrogens (tertiary/aromatic N) is 2. The molecular weight excluding hydrogens is 222 g/mol. The van der Waals surface area contributed by atoms with Crippen molar-refractivity contribution >= 4 is 5.69 Å². The van der Waals surface area contributed by atoms with E-state index in [-0.39, 0.29) is 12.3 Å². The number of hydrogen-bond donors (Lipinski definition) is 1. The van der Waals surface area contributed by atoms with Gasteiger partial charge in [-0.15, -0.1) is 0 Å². The molecule has 0 fully saturated rings. The van der Waals surface area contributed by atoms with Crippen molar-refractivity contribution in [2.45, 2.75) is 19.4 Å². The highest BCUT2D eigenvalue weighted by atomic mass is 16.6. The molecule has 0 aliphatic rings. The van der Waals surface area contributed by atoms with Crippen LogP contribution in [0.25, 0.3) is 0 Å². The fraction of sp³-hybridized carbons (Fsp3) is 0.364. The van der Waals surface area contributed by atoms with E-state index in [0.717, 1.165) is 0 Å². The zero-order valence-corrected chi connectivity index (χ0v) is 9.42. The van der Waals surface area contributed by atoms with Gasteiger partial charge in [0.25, 0.3) is 5.69 Å². The zero-order valence-electron chi connectivity index (χ0n) is 9.42. The second-order valence-corrected chi connectivity index (χ2v) is 3.53. The zero-order chi connectivity index (χ0) is 12.8. The van der Waals surface area contributed by atoms with Crippen LogP contribution in [0.1, 0.15) is 12.0 Å². The summed E-state index contributed by atoms with van der Waals surface area (Å²) in [6.07, 6.45) is 0.388. The first-order chi connectivity index (χ1) is 8.06. The Balaban J connectivity index is 2.70. The van der Waals surface area contributed by atoms with E-state index in [4.69, 9.17) is 15.7 Å². The van der Waals surface area contributed by atoms with Crippen LogP contribution in [-0.2, 0) is 0 Å². The maximum absolute atomic E-state index is 10.7. The molecule has 1 aromatic carbocycles. The third-order valence-electron chi connectivity index (χ3n) is 2.30. The minimum Gasteiger partial charge on any atom is -0.493 e. The van der Waals surface area contributed by atoms with Crippen LogP contribution in [0.15, 0.2) is 18.2 Å². The molecule has 0 saturated carbocycles. The van der Waals surface area contributed by atoms with Gasteiger partial charge in [0.1, 0.15) is 5.75 Å². The van der Waals surface area contributed by atoms with Crippen molar-refractivity contribution < 1.29 is 9.66 Å². The molecule has 90 valence electrons. The largest absolute Gasteiger partial charge is 0.493 e. The van der Waals surface area contributed by atoms with Gasteiger partial charge in [0.15, 0.2) is 0 Å². The molecule has 0 spiro atoms. The van der Waals surface area contributed by atoms with E-state index >= 15 is 0 Å². The molecule has 1 unspecified atom stereocenters. The van der Waals surface area contributed by atoms with Crippen LogP contribution in [0.3, 0.4) is 0 Å². The standard InChI is InChI=1S/C11H13N3O3/c1-8-10(14(15)16)3-2-4-11(8)17-6-5-9(13)7-12/h2-4,9H,5-6,13H2,1H3. The van der Waals surface area contributed by atoms with Gasteiger partial charge in [-0.25, -0.2) is 0 Å². The lowest BCUT2D eigenvalue weighted by atomic mass is 10.2. The summed E-state index contributed by atoms with van der Waals surface area (Å²) >= 11 is 0. The first-order valence-corrected chi connectivity index (χ1v) is 5.08. The fourth-order valence-electron chi connectivity index (χ4n) is 1.32. The number of nitriles is 1. The van der Waals surface area contributed by atoms with Gasteiger partial charge >= 0.3 is 0 Å². The lowest BCUT2D eigenvalue weighted by Crippen LogP contribution is -2.20. The van der Waals surface area contributed by atoms with Gasteiger partial charge < -0.3 is 10.5 Å². The van der Waals surface area contributed by atoms with Gasteiger partial charge in [0, 0.05) is 12.5 Å². The van der Waals surface area contributed by atoms with Crippen molar-refractivity contribution in [2.75, 3.05) is 6.61 Å². The molecule has 0 bridgehead atoms. The number of hydrogen-bond acceptors (Lipinski definition) is 5. The number of ether oxygens (including phenoxy) is 1. The molecule has 0 radical (unpaired) electrons. The average Bonchev–Trinajstić information content (AvgIpc) is 2.30. The summed E-state index contributed by atoms with van der Waals surface area (Å²) in [6, 6.07) is 5.94. The first-order valence-electron chi connectivity index (χ1n) is 5.08. The second kappa shape index (κ2) is 5.82. The van der Waals surface area contributed by atoms with Crippen LogP contribution in [-0.4, -0.2) is 17.6 Å². The summed E-state index contributed by atoms with van der Waals surface area (Å²) in [5.41, 5.74) is 5.90. The van der Waals surface area contributed by atoms with Crippen molar-refractivity contribution in [2.24, 2.45) is 5.73 Å². The molecule has 0 saturated heterocycles. The normalized spacial score (nSPS) is 11.6. The van der Waals surface area contributed by atoms with Crippen LogP contribution in [0.5, 0.6) is 5.75 Å². The van der Waals surface area contributed by atoms with Crippen molar-refractivity contribution in [3.63, 3.8) is 0 Å². The Kier molecular flexibility index (Phi) is 4.43.